The average Bonchev–Trinajstić information content (AvgIpc) is 2.44. The predicted molar refractivity (Wildman–Crippen MR) is 80.5 cm³/mol. The summed E-state index contributed by atoms with van der Waals surface area (Å²) >= 11 is 5.62. The van der Waals surface area contributed by atoms with Gasteiger partial charge in [-0.3, -0.25) is 0 Å². The monoisotopic (exact) mass is 326 g/mol. The molecule has 0 aromatic heterocycles. The summed E-state index contributed by atoms with van der Waals surface area (Å²) in [6.07, 6.45) is 1.06. The summed E-state index contributed by atoms with van der Waals surface area (Å²) in [7, 11) is -3.77. The number of benzene rings is 2. The molecule has 0 unspecified atom stereocenters. The molecule has 0 aliphatic carbocycles. The van der Waals surface area contributed by atoms with Crippen molar-refractivity contribution < 1.29 is 12.8 Å². The molecule has 4 nitrogen and oxygen atoms in total. The summed E-state index contributed by atoms with van der Waals surface area (Å²) in [6, 6.07) is 10.7. The second kappa shape index (κ2) is 6.24. The summed E-state index contributed by atoms with van der Waals surface area (Å²) in [4.78, 5) is 2.10. The molecule has 0 amide bonds. The van der Waals surface area contributed by atoms with E-state index >= 15 is 0 Å². The van der Waals surface area contributed by atoms with Crippen LogP contribution < -0.4 is 4.83 Å². The fourth-order valence-electron chi connectivity index (χ4n) is 1.56. The zero-order chi connectivity index (χ0) is 15.5. The van der Waals surface area contributed by atoms with Gasteiger partial charge in [-0.25, -0.2) is 9.22 Å². The Morgan fingerprint density at radius 3 is 2.52 bits per heavy atom. The minimum absolute atomic E-state index is 0.0552. The molecule has 2 rings (SSSR count). The van der Waals surface area contributed by atoms with Gasteiger partial charge in [0, 0.05) is 5.56 Å². The topological polar surface area (TPSA) is 58.5 Å². The van der Waals surface area contributed by atoms with E-state index in [2.05, 4.69) is 5.10 Å². The first kappa shape index (κ1) is 15.5. The summed E-state index contributed by atoms with van der Waals surface area (Å²) in [5.74, 6) is -0.655. The van der Waals surface area contributed by atoms with Gasteiger partial charge in [0.15, 0.2) is 5.82 Å². The van der Waals surface area contributed by atoms with Gasteiger partial charge in [-0.1, -0.05) is 41.4 Å². The van der Waals surface area contributed by atoms with Crippen LogP contribution in [0.25, 0.3) is 0 Å². The molecule has 0 heterocycles. The molecule has 2 aromatic rings. The maximum Gasteiger partial charge on any atom is 0.276 e. The number of hydrazone groups is 1. The first-order valence-electron chi connectivity index (χ1n) is 5.96. The van der Waals surface area contributed by atoms with Crippen LogP contribution in [-0.2, 0) is 10.0 Å². The molecule has 21 heavy (non-hydrogen) atoms. The summed E-state index contributed by atoms with van der Waals surface area (Å²) < 4.78 is 37.5. The Morgan fingerprint density at radius 2 is 1.86 bits per heavy atom. The second-order valence-electron chi connectivity index (χ2n) is 4.31. The van der Waals surface area contributed by atoms with Crippen LogP contribution in [0.5, 0.6) is 0 Å². The van der Waals surface area contributed by atoms with Crippen molar-refractivity contribution in [1.29, 1.82) is 0 Å². The summed E-state index contributed by atoms with van der Waals surface area (Å²) in [6.45, 7) is 1.85. The van der Waals surface area contributed by atoms with Crippen molar-refractivity contribution in [2.24, 2.45) is 5.10 Å². The highest BCUT2D eigenvalue weighted by molar-refractivity contribution is 7.89. The third-order valence-corrected chi connectivity index (χ3v) is 4.22. The fourth-order valence-corrected chi connectivity index (χ4v) is 2.53. The molecule has 0 saturated heterocycles. The van der Waals surface area contributed by atoms with E-state index in [1.165, 1.54) is 24.3 Å². The van der Waals surface area contributed by atoms with Gasteiger partial charge in [-0.2, -0.15) is 13.5 Å². The lowest BCUT2D eigenvalue weighted by molar-refractivity contribution is 0.584. The van der Waals surface area contributed by atoms with E-state index in [1.807, 2.05) is 11.8 Å². The van der Waals surface area contributed by atoms with Crippen LogP contribution in [0.3, 0.4) is 0 Å². The Balaban J connectivity index is 2.16. The lowest BCUT2D eigenvalue weighted by Gasteiger charge is -2.03. The fraction of sp³-hybridized carbons (Fsp3) is 0.0714. The molecule has 0 radical (unpaired) electrons. The maximum absolute atomic E-state index is 13.6. The minimum Gasteiger partial charge on any atom is -0.205 e. The zero-order valence-electron chi connectivity index (χ0n) is 11.0. The molecule has 0 saturated carbocycles. The Kier molecular flexibility index (Phi) is 4.59. The number of rotatable bonds is 4. The van der Waals surface area contributed by atoms with E-state index in [4.69, 9.17) is 11.6 Å². The predicted octanol–water partition coefficient (Wildman–Crippen LogP) is 3.10. The SMILES string of the molecule is Cc1ccc(S(=O)(=O)N/N=C\c2cccc(Cl)c2F)cc1. The molecule has 0 spiro atoms. The second-order valence-corrected chi connectivity index (χ2v) is 6.38. The highest BCUT2D eigenvalue weighted by Crippen LogP contribution is 2.16. The van der Waals surface area contributed by atoms with Gasteiger partial charge in [0.2, 0.25) is 0 Å². The average molecular weight is 327 g/mol. The Hall–Kier alpha value is -1.92. The van der Waals surface area contributed by atoms with Crippen molar-refractivity contribution in [2.45, 2.75) is 11.8 Å². The molecule has 2 aromatic carbocycles. The van der Waals surface area contributed by atoms with Crippen molar-refractivity contribution in [3.63, 3.8) is 0 Å². The molecule has 110 valence electrons. The van der Waals surface area contributed by atoms with Crippen molar-refractivity contribution in [2.75, 3.05) is 0 Å². The maximum atomic E-state index is 13.6. The lowest BCUT2D eigenvalue weighted by Crippen LogP contribution is -2.18. The number of hydrogen-bond donors (Lipinski definition) is 1. The van der Waals surface area contributed by atoms with Crippen LogP contribution in [0, 0.1) is 12.7 Å². The molecule has 1 N–H and O–H groups in total. The van der Waals surface area contributed by atoms with E-state index in [1.54, 1.807) is 18.2 Å². The minimum atomic E-state index is -3.77. The van der Waals surface area contributed by atoms with Crippen LogP contribution >= 0.6 is 11.6 Å². The molecule has 7 heteroatoms. The van der Waals surface area contributed by atoms with Crippen LogP contribution in [0.1, 0.15) is 11.1 Å². The molecule has 0 fully saturated rings. The van der Waals surface area contributed by atoms with Gasteiger partial charge < -0.3 is 0 Å². The first-order chi connectivity index (χ1) is 9.90. The molecular weight excluding hydrogens is 315 g/mol. The number of halogens is 2. The molecular formula is C14H12ClFN2O2S. The zero-order valence-corrected chi connectivity index (χ0v) is 12.6. The smallest absolute Gasteiger partial charge is 0.205 e. The highest BCUT2D eigenvalue weighted by atomic mass is 35.5. The van der Waals surface area contributed by atoms with Crippen LogP contribution in [-0.4, -0.2) is 14.6 Å². The van der Waals surface area contributed by atoms with Crippen molar-refractivity contribution in [3.8, 4) is 0 Å². The number of hydrogen-bond acceptors (Lipinski definition) is 3. The molecule has 0 aliphatic heterocycles. The van der Waals surface area contributed by atoms with Gasteiger partial charge in [-0.15, -0.1) is 0 Å². The Labute approximate surface area is 127 Å². The van der Waals surface area contributed by atoms with E-state index in [0.717, 1.165) is 11.8 Å². The van der Waals surface area contributed by atoms with Crippen LogP contribution in [0.15, 0.2) is 52.5 Å². The molecule has 0 bridgehead atoms. The van der Waals surface area contributed by atoms with Crippen molar-refractivity contribution in [3.05, 3.63) is 64.4 Å². The number of nitrogens with zero attached hydrogens (tertiary/aromatic N) is 1. The van der Waals surface area contributed by atoms with Gasteiger partial charge in [0.05, 0.1) is 16.1 Å². The number of nitrogens with one attached hydrogen (secondary N) is 1. The van der Waals surface area contributed by atoms with Gasteiger partial charge in [0.25, 0.3) is 10.0 Å². The van der Waals surface area contributed by atoms with Gasteiger partial charge >= 0.3 is 0 Å². The number of aryl methyl sites for hydroxylation is 1. The van der Waals surface area contributed by atoms with Crippen LogP contribution in [0.4, 0.5) is 4.39 Å². The van der Waals surface area contributed by atoms with Gasteiger partial charge in [-0.05, 0) is 25.1 Å². The lowest BCUT2D eigenvalue weighted by atomic mass is 10.2. The quantitative estimate of drug-likeness (QED) is 0.693. The third kappa shape index (κ3) is 3.80. The summed E-state index contributed by atoms with van der Waals surface area (Å²) in [5.41, 5.74) is 1.03. The highest BCUT2D eigenvalue weighted by Gasteiger charge is 2.12. The molecule has 0 atom stereocenters. The molecule has 0 aliphatic rings. The Morgan fingerprint density at radius 1 is 1.19 bits per heavy atom. The van der Waals surface area contributed by atoms with Gasteiger partial charge in [0.1, 0.15) is 0 Å². The van der Waals surface area contributed by atoms with E-state index in [0.29, 0.717) is 0 Å². The third-order valence-electron chi connectivity index (χ3n) is 2.69. The van der Waals surface area contributed by atoms with Crippen LogP contribution in [0.2, 0.25) is 5.02 Å². The Bertz CT molecular complexity index is 774. The van der Waals surface area contributed by atoms with E-state index < -0.39 is 15.8 Å². The first-order valence-corrected chi connectivity index (χ1v) is 7.82. The van der Waals surface area contributed by atoms with E-state index in [-0.39, 0.29) is 15.5 Å². The number of sulfonamides is 1. The van der Waals surface area contributed by atoms with E-state index in [9.17, 15) is 12.8 Å². The summed E-state index contributed by atoms with van der Waals surface area (Å²) in [5, 5.41) is 3.50. The largest absolute Gasteiger partial charge is 0.276 e. The van der Waals surface area contributed by atoms with Crippen molar-refractivity contribution >= 4 is 27.8 Å². The standard InChI is InChI=1S/C14H12ClFN2O2S/c1-10-5-7-12(8-6-10)21(19,20)18-17-9-11-3-2-4-13(15)14(11)16/h2-9,18H,1H3/b17-9-. The van der Waals surface area contributed by atoms with Crippen molar-refractivity contribution in [1.82, 2.24) is 4.83 Å². The normalized spacial score (nSPS) is 11.8.